The minimum Gasteiger partial charge on any atom is -0.350 e. The molecule has 2 heterocycles. The summed E-state index contributed by atoms with van der Waals surface area (Å²) in [5.74, 6) is 0.674. The molecular formula is C17H24N4O3S. The number of nitrogens with zero attached hydrogens (tertiary/aromatic N) is 3. The van der Waals surface area contributed by atoms with Crippen LogP contribution in [-0.4, -0.2) is 45.5 Å². The van der Waals surface area contributed by atoms with Gasteiger partial charge in [-0.05, 0) is 39.1 Å². The molecule has 0 fully saturated rings. The molecule has 2 amide bonds. The molecule has 0 aromatic carbocycles. The number of nitrogens with one attached hydrogen (secondary N) is 1. The highest BCUT2D eigenvalue weighted by molar-refractivity contribution is 7.08. The lowest BCUT2D eigenvalue weighted by molar-refractivity contribution is -0.136. The first-order valence-corrected chi connectivity index (χ1v) is 9.16. The van der Waals surface area contributed by atoms with Gasteiger partial charge in [-0.1, -0.05) is 5.16 Å². The van der Waals surface area contributed by atoms with Crippen molar-refractivity contribution in [1.29, 1.82) is 0 Å². The van der Waals surface area contributed by atoms with Gasteiger partial charge >= 0.3 is 0 Å². The van der Waals surface area contributed by atoms with E-state index < -0.39 is 0 Å². The van der Waals surface area contributed by atoms with Crippen LogP contribution in [0.2, 0.25) is 0 Å². The zero-order chi connectivity index (χ0) is 18.4. The predicted octanol–water partition coefficient (Wildman–Crippen LogP) is 2.49. The van der Waals surface area contributed by atoms with Crippen LogP contribution in [0.3, 0.4) is 0 Å². The summed E-state index contributed by atoms with van der Waals surface area (Å²) in [4.78, 5) is 30.2. The molecule has 0 aliphatic rings. The molecular weight excluding hydrogens is 340 g/mol. The summed E-state index contributed by atoms with van der Waals surface area (Å²) in [6.45, 7) is 8.09. The maximum Gasteiger partial charge on any atom is 0.240 e. The third-order valence-electron chi connectivity index (χ3n) is 3.38. The fraction of sp³-hybridized carbons (Fsp3) is 0.529. The first kappa shape index (κ1) is 19.1. The van der Waals surface area contributed by atoms with E-state index in [4.69, 9.17) is 4.52 Å². The van der Waals surface area contributed by atoms with Crippen molar-refractivity contribution in [2.45, 2.75) is 46.1 Å². The summed E-state index contributed by atoms with van der Waals surface area (Å²) in [5.41, 5.74) is 0.585. The second kappa shape index (κ2) is 8.24. The fourth-order valence-corrected chi connectivity index (χ4v) is 2.88. The van der Waals surface area contributed by atoms with E-state index in [-0.39, 0.29) is 30.3 Å². The van der Waals surface area contributed by atoms with Gasteiger partial charge in [0, 0.05) is 35.9 Å². The highest BCUT2D eigenvalue weighted by Gasteiger charge is 2.20. The summed E-state index contributed by atoms with van der Waals surface area (Å²) < 4.78 is 5.19. The molecule has 7 nitrogen and oxygen atoms in total. The molecule has 0 aliphatic carbocycles. The number of amides is 2. The summed E-state index contributed by atoms with van der Waals surface area (Å²) in [5, 5.41) is 10.7. The number of carbonyl (C=O) groups is 2. The largest absolute Gasteiger partial charge is 0.350 e. The summed E-state index contributed by atoms with van der Waals surface area (Å²) in [6.07, 6.45) is 0.579. The summed E-state index contributed by atoms with van der Waals surface area (Å²) in [6, 6.07) is 1.91. The average molecular weight is 364 g/mol. The number of thiophene rings is 1. The Labute approximate surface area is 151 Å². The third kappa shape index (κ3) is 5.97. The van der Waals surface area contributed by atoms with Crippen LogP contribution in [0.4, 0.5) is 0 Å². The molecule has 0 unspecified atom stereocenters. The van der Waals surface area contributed by atoms with Crippen molar-refractivity contribution in [2.75, 3.05) is 13.1 Å². The average Bonchev–Trinajstić information content (AvgIpc) is 3.19. The van der Waals surface area contributed by atoms with Crippen molar-refractivity contribution in [2.24, 2.45) is 0 Å². The Kier molecular flexibility index (Phi) is 6.30. The van der Waals surface area contributed by atoms with E-state index in [9.17, 15) is 9.59 Å². The van der Waals surface area contributed by atoms with Gasteiger partial charge < -0.3 is 14.7 Å². The van der Waals surface area contributed by atoms with Crippen LogP contribution in [0.25, 0.3) is 11.4 Å². The molecule has 1 N–H and O–H groups in total. The lowest BCUT2D eigenvalue weighted by Crippen LogP contribution is -2.47. The Bertz CT molecular complexity index is 704. The van der Waals surface area contributed by atoms with E-state index in [2.05, 4.69) is 15.5 Å². The normalized spacial score (nSPS) is 11.4. The van der Waals surface area contributed by atoms with Crippen molar-refractivity contribution < 1.29 is 14.1 Å². The van der Waals surface area contributed by atoms with E-state index in [0.29, 0.717) is 24.7 Å². The molecule has 0 saturated carbocycles. The molecule has 8 heteroatoms. The Balaban J connectivity index is 1.86. The molecule has 2 rings (SSSR count). The predicted molar refractivity (Wildman–Crippen MR) is 96.1 cm³/mol. The lowest BCUT2D eigenvalue weighted by Gasteiger charge is -2.25. The van der Waals surface area contributed by atoms with E-state index >= 15 is 0 Å². The molecule has 0 atom stereocenters. The molecule has 0 saturated heterocycles. The van der Waals surface area contributed by atoms with Crippen molar-refractivity contribution in [1.82, 2.24) is 20.4 Å². The van der Waals surface area contributed by atoms with E-state index in [1.165, 1.54) is 4.90 Å². The highest BCUT2D eigenvalue weighted by atomic mass is 32.1. The molecule has 25 heavy (non-hydrogen) atoms. The Morgan fingerprint density at radius 1 is 1.36 bits per heavy atom. The minimum atomic E-state index is -0.318. The van der Waals surface area contributed by atoms with Crippen molar-refractivity contribution in [3.8, 4) is 11.4 Å². The van der Waals surface area contributed by atoms with E-state index in [1.54, 1.807) is 11.3 Å². The quantitative estimate of drug-likeness (QED) is 0.815. The third-order valence-corrected chi connectivity index (χ3v) is 4.07. The SMILES string of the molecule is CCN(CC(=O)NC(C)(C)C)C(=O)CCc1nc(-c2ccsc2)no1. The van der Waals surface area contributed by atoms with Gasteiger partial charge in [0.1, 0.15) is 0 Å². The van der Waals surface area contributed by atoms with Gasteiger partial charge in [-0.3, -0.25) is 9.59 Å². The van der Waals surface area contributed by atoms with Crippen LogP contribution < -0.4 is 5.32 Å². The van der Waals surface area contributed by atoms with Crippen LogP contribution in [-0.2, 0) is 16.0 Å². The monoisotopic (exact) mass is 364 g/mol. The van der Waals surface area contributed by atoms with Crippen molar-refractivity contribution in [3.63, 3.8) is 0 Å². The molecule has 0 bridgehead atoms. The Morgan fingerprint density at radius 2 is 2.12 bits per heavy atom. The molecule has 0 radical (unpaired) electrons. The maximum absolute atomic E-state index is 12.3. The second-order valence-corrected chi connectivity index (χ2v) is 7.51. The summed E-state index contributed by atoms with van der Waals surface area (Å²) >= 11 is 1.56. The van der Waals surface area contributed by atoms with Crippen LogP contribution in [0.5, 0.6) is 0 Å². The molecule has 2 aromatic heterocycles. The standard InChI is InChI=1S/C17H24N4O3S/c1-5-21(10-13(22)19-17(2,3)4)15(23)7-6-14-18-16(20-24-14)12-8-9-25-11-12/h8-9,11H,5-7,10H2,1-4H3,(H,19,22). The number of aromatic nitrogens is 2. The number of hydrogen-bond donors (Lipinski definition) is 1. The Hall–Kier alpha value is -2.22. The zero-order valence-corrected chi connectivity index (χ0v) is 15.9. The van der Waals surface area contributed by atoms with Gasteiger partial charge in [-0.2, -0.15) is 16.3 Å². The number of rotatable bonds is 7. The number of aryl methyl sites for hydroxylation is 1. The lowest BCUT2D eigenvalue weighted by atomic mass is 10.1. The number of likely N-dealkylation sites (N-methyl/N-ethyl adjacent to an activating group) is 1. The van der Waals surface area contributed by atoms with Gasteiger partial charge in [0.05, 0.1) is 6.54 Å². The summed E-state index contributed by atoms with van der Waals surface area (Å²) in [7, 11) is 0. The van der Waals surface area contributed by atoms with E-state index in [0.717, 1.165) is 5.56 Å². The van der Waals surface area contributed by atoms with Crippen molar-refractivity contribution >= 4 is 23.2 Å². The van der Waals surface area contributed by atoms with Gasteiger partial charge in [-0.15, -0.1) is 0 Å². The second-order valence-electron chi connectivity index (χ2n) is 6.73. The van der Waals surface area contributed by atoms with Crippen molar-refractivity contribution in [3.05, 3.63) is 22.7 Å². The van der Waals surface area contributed by atoms with Crippen LogP contribution in [0.15, 0.2) is 21.3 Å². The van der Waals surface area contributed by atoms with Gasteiger partial charge in [0.15, 0.2) is 0 Å². The molecule has 136 valence electrons. The molecule has 0 aliphatic heterocycles. The van der Waals surface area contributed by atoms with Gasteiger partial charge in [0.2, 0.25) is 23.5 Å². The fourth-order valence-electron chi connectivity index (χ4n) is 2.24. The van der Waals surface area contributed by atoms with Crippen LogP contribution in [0, 0.1) is 0 Å². The van der Waals surface area contributed by atoms with Gasteiger partial charge in [-0.25, -0.2) is 0 Å². The topological polar surface area (TPSA) is 88.3 Å². The van der Waals surface area contributed by atoms with E-state index in [1.807, 2.05) is 44.5 Å². The maximum atomic E-state index is 12.3. The highest BCUT2D eigenvalue weighted by Crippen LogP contribution is 2.19. The smallest absolute Gasteiger partial charge is 0.240 e. The first-order valence-electron chi connectivity index (χ1n) is 8.22. The zero-order valence-electron chi connectivity index (χ0n) is 15.0. The number of hydrogen-bond acceptors (Lipinski definition) is 6. The van der Waals surface area contributed by atoms with Crippen LogP contribution in [0.1, 0.15) is 40.0 Å². The first-order chi connectivity index (χ1) is 11.8. The van der Waals surface area contributed by atoms with Crippen LogP contribution >= 0.6 is 11.3 Å². The number of carbonyl (C=O) groups excluding carboxylic acids is 2. The van der Waals surface area contributed by atoms with Gasteiger partial charge in [0.25, 0.3) is 0 Å². The molecule has 2 aromatic rings. The molecule has 0 spiro atoms. The Morgan fingerprint density at radius 3 is 2.72 bits per heavy atom. The minimum absolute atomic E-state index is 0.0522.